The van der Waals surface area contributed by atoms with Crippen LogP contribution in [0.3, 0.4) is 0 Å². The molecule has 6 atom stereocenters. The molecular formula is C57H75N9O9S. The number of aromatic nitrogens is 3. The first-order chi connectivity index (χ1) is 36.8. The average Bonchev–Trinajstić information content (AvgIpc) is 4.09. The molecule has 408 valence electrons. The quantitative estimate of drug-likeness (QED) is 0.170. The van der Waals surface area contributed by atoms with Gasteiger partial charge in [-0.2, -0.15) is 0 Å². The van der Waals surface area contributed by atoms with Crippen LogP contribution in [0.5, 0.6) is 0 Å². The zero-order valence-corrected chi connectivity index (χ0v) is 45.6. The highest BCUT2D eigenvalue weighted by molar-refractivity contribution is 7.10. The van der Waals surface area contributed by atoms with Gasteiger partial charge >= 0.3 is 5.97 Å². The smallest absolute Gasteiger partial charge is 0.325 e. The summed E-state index contributed by atoms with van der Waals surface area (Å²) in [5, 5.41) is 8.75. The van der Waals surface area contributed by atoms with Gasteiger partial charge < -0.3 is 43.2 Å². The van der Waals surface area contributed by atoms with E-state index in [9.17, 15) is 9.59 Å². The predicted octanol–water partition coefficient (Wildman–Crippen LogP) is 5.53. The summed E-state index contributed by atoms with van der Waals surface area (Å²) in [6, 6.07) is 7.24. The number of hydrogen-bond acceptors (Lipinski definition) is 16. The number of ether oxygens (including phenoxy) is 6. The summed E-state index contributed by atoms with van der Waals surface area (Å²) in [4.78, 5) is 62.3. The van der Waals surface area contributed by atoms with E-state index in [4.69, 9.17) is 38.4 Å². The predicted molar refractivity (Wildman–Crippen MR) is 285 cm³/mol. The molecular weight excluding hydrogens is 987 g/mol. The first kappa shape index (κ1) is 50.9. The van der Waals surface area contributed by atoms with Gasteiger partial charge in [0.25, 0.3) is 5.91 Å². The Kier molecular flexibility index (Phi) is 13.6. The summed E-state index contributed by atoms with van der Waals surface area (Å²) in [6.45, 7) is 18.2. The maximum Gasteiger partial charge on any atom is 0.325 e. The molecule has 0 unspecified atom stereocenters. The van der Waals surface area contributed by atoms with Gasteiger partial charge in [0, 0.05) is 122 Å². The number of methoxy groups -OCH3 is 1. The standard InChI is InChI=1S/C57H75N9O9S/c1-33-26-74-51(33)52(67)60-48-50(64-28-57(29-64)31-72-32-57)53-59-44(27-76-53)35-6-9-45-41(22-35)43(24-56(3,4)30-75-55(69)47-36-20-38(21-36)66(61-47)54(48)68)49(65(45)16-19-73-40-10-17-71-18-11-40)42-23-39(25-58-46(42)34(2)70-5)63-14-12-62(13-15-63)37-7-8-37/h6,9,22-23,25,27,33-34,36-38,40,47-48,50-51,61H,7-8,10-21,24,26,28-32H2,1-5H3,(H,60,67)/t33-,34-,36?,38?,47-,48-,50-,51+/m0/s1. The van der Waals surface area contributed by atoms with Crippen LogP contribution >= 0.6 is 11.3 Å². The van der Waals surface area contributed by atoms with Crippen LogP contribution in [0.1, 0.15) is 94.6 Å². The minimum atomic E-state index is -1.02. The van der Waals surface area contributed by atoms with Crippen molar-refractivity contribution < 1.29 is 42.8 Å². The average molecular weight is 1060 g/mol. The first-order valence-corrected chi connectivity index (χ1v) is 29.0. The van der Waals surface area contributed by atoms with Gasteiger partial charge in [-0.25, -0.2) is 10.4 Å². The molecule has 18 nitrogen and oxygen atoms in total. The van der Waals surface area contributed by atoms with E-state index in [0.717, 1.165) is 100 Å². The molecule has 2 saturated carbocycles. The Morgan fingerprint density at radius 1 is 0.987 bits per heavy atom. The number of fused-ring (bicyclic) bond motifs is 4. The summed E-state index contributed by atoms with van der Waals surface area (Å²) >= 11 is 1.51. The van der Waals surface area contributed by atoms with Crippen molar-refractivity contribution in [3.8, 4) is 22.5 Å². The summed E-state index contributed by atoms with van der Waals surface area (Å²) in [5.41, 5.74) is 10.7. The molecule has 7 saturated heterocycles. The molecule has 2 amide bonds. The second kappa shape index (κ2) is 20.3. The van der Waals surface area contributed by atoms with Crippen LogP contribution in [0.15, 0.2) is 35.8 Å². The van der Waals surface area contributed by atoms with E-state index in [1.165, 1.54) is 24.2 Å². The third kappa shape index (κ3) is 9.46. The molecule has 8 bridgehead atoms. The minimum absolute atomic E-state index is 0.00560. The van der Waals surface area contributed by atoms with Crippen LogP contribution in [0, 0.1) is 22.7 Å². The van der Waals surface area contributed by atoms with Crippen molar-refractivity contribution in [3.05, 3.63) is 52.1 Å². The molecule has 3 aromatic heterocycles. The van der Waals surface area contributed by atoms with E-state index in [-0.39, 0.29) is 59.9 Å². The van der Waals surface area contributed by atoms with Crippen molar-refractivity contribution in [3.63, 3.8) is 0 Å². The van der Waals surface area contributed by atoms with Gasteiger partial charge in [-0.3, -0.25) is 34.2 Å². The molecule has 1 spiro atoms. The van der Waals surface area contributed by atoms with Gasteiger partial charge in [0.05, 0.1) is 80.3 Å². The number of esters is 1. The molecule has 76 heavy (non-hydrogen) atoms. The lowest BCUT2D eigenvalue weighted by Gasteiger charge is -2.58. The number of nitrogens with one attached hydrogen (secondary N) is 2. The summed E-state index contributed by atoms with van der Waals surface area (Å²) < 4.78 is 38.9. The van der Waals surface area contributed by atoms with Crippen LogP contribution in [-0.2, 0) is 55.8 Å². The number of hydrazine groups is 1. The largest absolute Gasteiger partial charge is 0.464 e. The first-order valence-electron chi connectivity index (χ1n) is 28.1. The number of cyclic esters (lactones) is 1. The molecule has 8 aliphatic heterocycles. The van der Waals surface area contributed by atoms with Crippen molar-refractivity contribution in [2.45, 2.75) is 128 Å². The maximum absolute atomic E-state index is 15.4. The molecule has 14 rings (SSSR count). The lowest BCUT2D eigenvalue weighted by Crippen LogP contribution is -2.74. The van der Waals surface area contributed by atoms with Crippen molar-refractivity contribution >= 4 is 45.7 Å². The summed E-state index contributed by atoms with van der Waals surface area (Å²) in [7, 11) is 1.75. The number of pyridine rings is 1. The van der Waals surface area contributed by atoms with Crippen LogP contribution in [0.2, 0.25) is 0 Å². The molecule has 11 heterocycles. The lowest BCUT2D eigenvalue weighted by atomic mass is 9.72. The Labute approximate surface area is 449 Å². The zero-order chi connectivity index (χ0) is 52.0. The molecule has 1 aromatic carbocycles. The molecule has 10 aliphatic rings. The van der Waals surface area contributed by atoms with Gasteiger partial charge in [0.1, 0.15) is 23.2 Å². The van der Waals surface area contributed by atoms with E-state index in [1.807, 2.05) is 13.1 Å². The SMILES string of the molecule is CO[C@@H](C)c1ncc(N2CCN(C3CC3)CC2)cc1-c1c2c3cc(ccc3n1CCOC1CCOCC1)-c1csc(n1)[C@@H](N1CC3(COC3)C1)[C@H](NC(=O)[C@@H]1OC[C@@H]1C)C(=O)N1N[C@H](C(=O)OCC(C)(C)C2)C2CC1C2. The third-order valence-electron chi connectivity index (χ3n) is 18.2. The second-order valence-corrected chi connectivity index (χ2v) is 25.3. The van der Waals surface area contributed by atoms with Crippen LogP contribution in [-0.4, -0.2) is 176 Å². The number of carbonyl (C=O) groups is 3. The van der Waals surface area contributed by atoms with Crippen molar-refractivity contribution in [2.24, 2.45) is 22.7 Å². The fraction of sp³-hybridized carbons (Fsp3) is 0.667. The Bertz CT molecular complexity index is 2840. The highest BCUT2D eigenvalue weighted by Gasteiger charge is 2.57. The van der Waals surface area contributed by atoms with Gasteiger partial charge in [0.15, 0.2) is 0 Å². The van der Waals surface area contributed by atoms with Crippen LogP contribution in [0.4, 0.5) is 5.69 Å². The Morgan fingerprint density at radius 2 is 1.78 bits per heavy atom. The van der Waals surface area contributed by atoms with Crippen molar-refractivity contribution in [2.75, 3.05) is 97.5 Å². The second-order valence-electron chi connectivity index (χ2n) is 24.4. The van der Waals surface area contributed by atoms with E-state index in [2.05, 4.69) is 80.4 Å². The fourth-order valence-corrected chi connectivity index (χ4v) is 14.4. The van der Waals surface area contributed by atoms with E-state index < -0.39 is 29.6 Å². The molecule has 9 fully saturated rings. The number of rotatable bonds is 12. The number of nitrogens with zero attached hydrogens (tertiary/aromatic N) is 7. The zero-order valence-electron chi connectivity index (χ0n) is 44.8. The van der Waals surface area contributed by atoms with Gasteiger partial charge in [-0.1, -0.05) is 26.8 Å². The highest BCUT2D eigenvalue weighted by Crippen LogP contribution is 2.48. The van der Waals surface area contributed by atoms with Crippen LogP contribution < -0.4 is 15.6 Å². The molecule has 2 aliphatic carbocycles. The molecule has 19 heteroatoms. The number of carbonyl (C=O) groups excluding carboxylic acids is 3. The Balaban J connectivity index is 0.956. The van der Waals surface area contributed by atoms with E-state index in [1.54, 1.807) is 12.1 Å². The van der Waals surface area contributed by atoms with Crippen molar-refractivity contribution in [1.29, 1.82) is 0 Å². The summed E-state index contributed by atoms with van der Waals surface area (Å²) in [5.74, 6) is -0.963. The minimum Gasteiger partial charge on any atom is -0.464 e. The fourth-order valence-electron chi connectivity index (χ4n) is 13.4. The number of amides is 2. The van der Waals surface area contributed by atoms with Gasteiger partial charge in [-0.15, -0.1) is 11.3 Å². The van der Waals surface area contributed by atoms with Crippen LogP contribution in [0.25, 0.3) is 33.4 Å². The maximum atomic E-state index is 15.4. The number of likely N-dealkylation sites (tertiary alicyclic amines) is 1. The number of thiazole rings is 1. The van der Waals surface area contributed by atoms with Gasteiger partial charge in [-0.05, 0) is 81.5 Å². The van der Waals surface area contributed by atoms with Crippen molar-refractivity contribution in [1.82, 2.24) is 40.1 Å². The van der Waals surface area contributed by atoms with E-state index in [0.29, 0.717) is 78.5 Å². The van der Waals surface area contributed by atoms with E-state index >= 15 is 4.79 Å². The van der Waals surface area contributed by atoms with Gasteiger partial charge in [0.2, 0.25) is 5.91 Å². The number of benzene rings is 1. The molecule has 4 aromatic rings. The molecule has 0 radical (unpaired) electrons. The number of piperazine rings is 1. The molecule has 2 N–H and O–H groups in total. The summed E-state index contributed by atoms with van der Waals surface area (Å²) in [6.07, 6.45) is 7.40. The topological polar surface area (TPSA) is 174 Å². The normalized spacial score (nSPS) is 30.2. The monoisotopic (exact) mass is 1060 g/mol. The Morgan fingerprint density at radius 3 is 2.47 bits per heavy atom. The third-order valence-corrected chi connectivity index (χ3v) is 19.1. The number of hydrogen-bond donors (Lipinski definition) is 2. The number of anilines is 1. The lowest BCUT2D eigenvalue weighted by molar-refractivity contribution is -0.204. The Hall–Kier alpha value is -4.57. The highest BCUT2D eigenvalue weighted by atomic mass is 32.1.